The van der Waals surface area contributed by atoms with Crippen LogP contribution in [0.3, 0.4) is 0 Å². The summed E-state index contributed by atoms with van der Waals surface area (Å²) in [6, 6.07) is 11.2. The number of ether oxygens (including phenoxy) is 1. The number of rotatable bonds is 6. The fourth-order valence-electron chi connectivity index (χ4n) is 2.13. The van der Waals surface area contributed by atoms with Crippen molar-refractivity contribution < 1.29 is 14.6 Å². The molecule has 0 saturated carbocycles. The first-order chi connectivity index (χ1) is 9.69. The van der Waals surface area contributed by atoms with E-state index in [0.717, 1.165) is 16.9 Å². The summed E-state index contributed by atoms with van der Waals surface area (Å²) in [6.45, 7) is 0. The van der Waals surface area contributed by atoms with Crippen LogP contribution < -0.4 is 4.74 Å². The van der Waals surface area contributed by atoms with Crippen LogP contribution in [0.5, 0.6) is 5.75 Å². The summed E-state index contributed by atoms with van der Waals surface area (Å²) in [4.78, 5) is 15.4. The van der Waals surface area contributed by atoms with Gasteiger partial charge in [-0.1, -0.05) is 12.1 Å². The van der Waals surface area contributed by atoms with Crippen molar-refractivity contribution in [3.8, 4) is 5.75 Å². The fraction of sp³-hybridized carbons (Fsp3) is 0.250. The van der Waals surface area contributed by atoms with E-state index in [0.29, 0.717) is 12.8 Å². The Morgan fingerprint density at radius 1 is 1.20 bits per heavy atom. The summed E-state index contributed by atoms with van der Waals surface area (Å²) in [5.74, 6) is -0.496. The topological polar surface area (TPSA) is 59.4 Å². The lowest BCUT2D eigenvalue weighted by Gasteiger charge is -2.13. The predicted octanol–water partition coefficient (Wildman–Crippen LogP) is 2.58. The summed E-state index contributed by atoms with van der Waals surface area (Å²) < 4.78 is 5.16. The van der Waals surface area contributed by atoms with Gasteiger partial charge in [-0.25, -0.2) is 0 Å². The highest BCUT2D eigenvalue weighted by Gasteiger charge is 2.18. The Labute approximate surface area is 118 Å². The van der Waals surface area contributed by atoms with E-state index in [-0.39, 0.29) is 0 Å². The third kappa shape index (κ3) is 3.82. The van der Waals surface area contributed by atoms with Gasteiger partial charge in [-0.15, -0.1) is 0 Å². The lowest BCUT2D eigenvalue weighted by Crippen LogP contribution is -2.19. The average Bonchev–Trinajstić information content (AvgIpc) is 2.48. The number of carboxylic acid groups (broad SMARTS) is 1. The summed E-state index contributed by atoms with van der Waals surface area (Å²) in [6.07, 6.45) is 4.34. The normalized spacial score (nSPS) is 11.8. The quantitative estimate of drug-likeness (QED) is 0.877. The van der Waals surface area contributed by atoms with Crippen molar-refractivity contribution in [1.82, 2.24) is 4.98 Å². The van der Waals surface area contributed by atoms with Crippen molar-refractivity contribution in [3.05, 3.63) is 59.9 Å². The molecule has 0 spiro atoms. The van der Waals surface area contributed by atoms with Gasteiger partial charge < -0.3 is 9.84 Å². The van der Waals surface area contributed by atoms with Crippen LogP contribution >= 0.6 is 0 Å². The Kier molecular flexibility index (Phi) is 4.71. The number of benzene rings is 1. The van der Waals surface area contributed by atoms with Gasteiger partial charge in [0.05, 0.1) is 13.0 Å². The number of hydrogen-bond acceptors (Lipinski definition) is 3. The molecular formula is C16H17NO3. The van der Waals surface area contributed by atoms with Crippen LogP contribution in [0.15, 0.2) is 48.8 Å². The molecule has 1 aromatic heterocycles. The van der Waals surface area contributed by atoms with Crippen LogP contribution in [0.2, 0.25) is 0 Å². The molecule has 0 aliphatic carbocycles. The Bertz CT molecular complexity index is 569. The number of methoxy groups -OCH3 is 1. The van der Waals surface area contributed by atoms with Crippen LogP contribution in [-0.4, -0.2) is 23.2 Å². The zero-order chi connectivity index (χ0) is 14.4. The first-order valence-electron chi connectivity index (χ1n) is 6.43. The number of hydrogen-bond donors (Lipinski definition) is 1. The lowest BCUT2D eigenvalue weighted by atomic mass is 9.93. The number of nitrogens with zero attached hydrogens (tertiary/aromatic N) is 1. The van der Waals surface area contributed by atoms with Crippen molar-refractivity contribution in [2.75, 3.05) is 7.11 Å². The SMILES string of the molecule is COc1cccc(CC(Cc2ccncc2)C(=O)O)c1. The van der Waals surface area contributed by atoms with Crippen molar-refractivity contribution in [2.24, 2.45) is 5.92 Å². The summed E-state index contributed by atoms with van der Waals surface area (Å²) >= 11 is 0. The van der Waals surface area contributed by atoms with Crippen molar-refractivity contribution in [1.29, 1.82) is 0 Å². The van der Waals surface area contributed by atoms with Crippen LogP contribution in [-0.2, 0) is 17.6 Å². The molecule has 0 saturated heterocycles. The number of carboxylic acids is 1. The van der Waals surface area contributed by atoms with Crippen LogP contribution in [0.25, 0.3) is 0 Å². The molecule has 2 aromatic rings. The summed E-state index contributed by atoms with van der Waals surface area (Å²) in [5.41, 5.74) is 1.95. The maximum Gasteiger partial charge on any atom is 0.307 e. The van der Waals surface area contributed by atoms with Gasteiger partial charge in [0.2, 0.25) is 0 Å². The van der Waals surface area contributed by atoms with E-state index < -0.39 is 11.9 Å². The van der Waals surface area contributed by atoms with Gasteiger partial charge in [0, 0.05) is 12.4 Å². The molecule has 0 fully saturated rings. The third-order valence-electron chi connectivity index (χ3n) is 3.20. The molecule has 20 heavy (non-hydrogen) atoms. The zero-order valence-corrected chi connectivity index (χ0v) is 11.3. The van der Waals surface area contributed by atoms with Crippen LogP contribution in [0, 0.1) is 5.92 Å². The van der Waals surface area contributed by atoms with Crippen molar-refractivity contribution in [3.63, 3.8) is 0 Å². The predicted molar refractivity (Wildman–Crippen MR) is 75.8 cm³/mol. The Morgan fingerprint density at radius 2 is 1.90 bits per heavy atom. The van der Waals surface area contributed by atoms with Crippen molar-refractivity contribution in [2.45, 2.75) is 12.8 Å². The Balaban J connectivity index is 2.11. The van der Waals surface area contributed by atoms with Gasteiger partial charge in [0.1, 0.15) is 5.75 Å². The molecule has 2 rings (SSSR count). The molecule has 0 radical (unpaired) electrons. The fourth-order valence-corrected chi connectivity index (χ4v) is 2.13. The van der Waals surface area contributed by atoms with E-state index in [2.05, 4.69) is 4.98 Å². The van der Waals surface area contributed by atoms with E-state index in [1.54, 1.807) is 19.5 Å². The molecular weight excluding hydrogens is 254 g/mol. The van der Waals surface area contributed by atoms with Gasteiger partial charge in [-0.3, -0.25) is 9.78 Å². The van der Waals surface area contributed by atoms with Gasteiger partial charge in [-0.05, 0) is 48.2 Å². The van der Waals surface area contributed by atoms with E-state index in [1.165, 1.54) is 0 Å². The minimum Gasteiger partial charge on any atom is -0.497 e. The van der Waals surface area contributed by atoms with Gasteiger partial charge >= 0.3 is 5.97 Å². The zero-order valence-electron chi connectivity index (χ0n) is 11.3. The number of pyridine rings is 1. The lowest BCUT2D eigenvalue weighted by molar-refractivity contribution is -0.141. The van der Waals surface area contributed by atoms with Crippen LogP contribution in [0.4, 0.5) is 0 Å². The third-order valence-corrected chi connectivity index (χ3v) is 3.20. The molecule has 1 unspecified atom stereocenters. The first-order valence-corrected chi connectivity index (χ1v) is 6.43. The molecule has 0 amide bonds. The minimum absolute atomic E-state index is 0.454. The van der Waals surface area contributed by atoms with E-state index in [1.807, 2.05) is 36.4 Å². The van der Waals surface area contributed by atoms with E-state index in [9.17, 15) is 9.90 Å². The maximum atomic E-state index is 11.4. The minimum atomic E-state index is -0.787. The molecule has 0 aliphatic rings. The smallest absolute Gasteiger partial charge is 0.307 e. The first kappa shape index (κ1) is 14.1. The van der Waals surface area contributed by atoms with Crippen LogP contribution in [0.1, 0.15) is 11.1 Å². The van der Waals surface area contributed by atoms with E-state index in [4.69, 9.17) is 4.74 Å². The highest BCUT2D eigenvalue weighted by Crippen LogP contribution is 2.18. The van der Waals surface area contributed by atoms with Gasteiger partial charge in [-0.2, -0.15) is 0 Å². The highest BCUT2D eigenvalue weighted by molar-refractivity contribution is 5.70. The highest BCUT2D eigenvalue weighted by atomic mass is 16.5. The molecule has 1 atom stereocenters. The number of aliphatic carboxylic acids is 1. The Hall–Kier alpha value is -2.36. The second-order valence-electron chi connectivity index (χ2n) is 4.65. The molecule has 104 valence electrons. The van der Waals surface area contributed by atoms with Gasteiger partial charge in [0.25, 0.3) is 0 Å². The molecule has 1 heterocycles. The average molecular weight is 271 g/mol. The van der Waals surface area contributed by atoms with Crippen molar-refractivity contribution >= 4 is 5.97 Å². The summed E-state index contributed by atoms with van der Waals surface area (Å²) in [5, 5.41) is 9.38. The number of carbonyl (C=O) groups is 1. The standard InChI is InChI=1S/C16H17NO3/c1-20-15-4-2-3-13(11-15)10-14(16(18)19)9-12-5-7-17-8-6-12/h2-8,11,14H,9-10H2,1H3,(H,18,19). The summed E-state index contributed by atoms with van der Waals surface area (Å²) in [7, 11) is 1.60. The second kappa shape index (κ2) is 6.70. The molecule has 0 aliphatic heterocycles. The van der Waals surface area contributed by atoms with E-state index >= 15 is 0 Å². The second-order valence-corrected chi connectivity index (χ2v) is 4.65. The number of aromatic nitrogens is 1. The molecule has 1 N–H and O–H groups in total. The monoisotopic (exact) mass is 271 g/mol. The Morgan fingerprint density at radius 3 is 2.55 bits per heavy atom. The van der Waals surface area contributed by atoms with Gasteiger partial charge in [0.15, 0.2) is 0 Å². The molecule has 4 nitrogen and oxygen atoms in total. The molecule has 4 heteroatoms. The largest absolute Gasteiger partial charge is 0.497 e. The molecule has 1 aromatic carbocycles. The maximum absolute atomic E-state index is 11.4. The molecule has 0 bridgehead atoms.